The Balaban J connectivity index is 1.79. The first kappa shape index (κ1) is 14.3. The molecule has 1 saturated carbocycles. The van der Waals surface area contributed by atoms with Crippen LogP contribution in [0.2, 0.25) is 0 Å². The first-order valence-electron chi connectivity index (χ1n) is 6.93. The van der Waals surface area contributed by atoms with Gasteiger partial charge in [0.1, 0.15) is 5.82 Å². The molecule has 7 nitrogen and oxygen atoms in total. The Morgan fingerprint density at radius 3 is 2.86 bits per heavy atom. The number of aromatic amines is 1. The van der Waals surface area contributed by atoms with E-state index in [0.717, 1.165) is 18.5 Å². The maximum absolute atomic E-state index is 12.4. The van der Waals surface area contributed by atoms with Gasteiger partial charge in [0, 0.05) is 36.9 Å². The summed E-state index contributed by atoms with van der Waals surface area (Å²) in [5.41, 5.74) is 0.998. The highest BCUT2D eigenvalue weighted by atomic mass is 32.2. The van der Waals surface area contributed by atoms with E-state index in [1.165, 1.54) is 0 Å². The molecule has 1 aliphatic rings. The van der Waals surface area contributed by atoms with Gasteiger partial charge in [0.25, 0.3) is 0 Å². The molecule has 0 amide bonds. The van der Waals surface area contributed by atoms with Crippen molar-refractivity contribution < 1.29 is 8.42 Å². The van der Waals surface area contributed by atoms with Gasteiger partial charge in [-0.3, -0.25) is 0 Å². The number of aromatic nitrogens is 3. The molecule has 0 saturated heterocycles. The van der Waals surface area contributed by atoms with Gasteiger partial charge in [-0.05, 0) is 26.0 Å². The lowest BCUT2D eigenvalue weighted by molar-refractivity contribution is 0.579. The number of hydrogen-bond acceptors (Lipinski definition) is 4. The summed E-state index contributed by atoms with van der Waals surface area (Å²) in [7, 11) is -1.67. The first-order chi connectivity index (χ1) is 10.1. The number of hydrogen-bond donors (Lipinski definition) is 3. The first-order valence-corrected chi connectivity index (χ1v) is 8.42. The Kier molecular flexibility index (Phi) is 3.83. The van der Waals surface area contributed by atoms with Crippen molar-refractivity contribution in [2.75, 3.05) is 7.05 Å². The van der Waals surface area contributed by atoms with E-state index in [0.29, 0.717) is 23.3 Å². The number of nitrogens with zero attached hydrogens (tertiary/aromatic N) is 2. The third-order valence-electron chi connectivity index (χ3n) is 3.50. The molecule has 0 atom stereocenters. The lowest BCUT2D eigenvalue weighted by atomic mass is 10.4. The maximum atomic E-state index is 12.4. The second-order valence-electron chi connectivity index (χ2n) is 5.20. The third-order valence-corrected chi connectivity index (χ3v) is 4.87. The highest BCUT2D eigenvalue weighted by molar-refractivity contribution is 7.89. The van der Waals surface area contributed by atoms with Gasteiger partial charge in [-0.1, -0.05) is 0 Å². The molecule has 0 radical (unpaired) electrons. The Hall–Kier alpha value is -1.64. The van der Waals surface area contributed by atoms with Crippen LogP contribution in [0.4, 0.5) is 0 Å². The summed E-state index contributed by atoms with van der Waals surface area (Å²) in [6.07, 6.45) is 7.22. The molecule has 1 fully saturated rings. The molecule has 0 spiro atoms. The van der Waals surface area contributed by atoms with Crippen molar-refractivity contribution in [3.63, 3.8) is 0 Å². The van der Waals surface area contributed by atoms with Gasteiger partial charge < -0.3 is 14.9 Å². The second-order valence-corrected chi connectivity index (χ2v) is 6.96. The average molecular weight is 309 g/mol. The summed E-state index contributed by atoms with van der Waals surface area (Å²) in [5.74, 6) is 0.593. The van der Waals surface area contributed by atoms with Crippen molar-refractivity contribution in [1.82, 2.24) is 24.6 Å². The average Bonchev–Trinajstić information content (AvgIpc) is 3.00. The van der Waals surface area contributed by atoms with Crippen molar-refractivity contribution in [3.05, 3.63) is 36.2 Å². The highest BCUT2D eigenvalue weighted by Gasteiger charge is 2.28. The van der Waals surface area contributed by atoms with E-state index in [4.69, 9.17) is 0 Å². The van der Waals surface area contributed by atoms with E-state index in [1.54, 1.807) is 24.7 Å². The van der Waals surface area contributed by atoms with Gasteiger partial charge in [-0.2, -0.15) is 0 Å². The van der Waals surface area contributed by atoms with Crippen molar-refractivity contribution in [3.8, 4) is 0 Å². The van der Waals surface area contributed by atoms with Crippen LogP contribution >= 0.6 is 0 Å². The lowest BCUT2D eigenvalue weighted by Crippen LogP contribution is -2.23. The van der Waals surface area contributed by atoms with Crippen LogP contribution in [0.3, 0.4) is 0 Å². The largest absolute Gasteiger partial charge is 0.347 e. The van der Waals surface area contributed by atoms with Gasteiger partial charge in [0.05, 0.1) is 11.4 Å². The highest BCUT2D eigenvalue weighted by Crippen LogP contribution is 2.37. The molecule has 8 heteroatoms. The summed E-state index contributed by atoms with van der Waals surface area (Å²) in [5, 5.41) is 3.08. The van der Waals surface area contributed by atoms with Crippen LogP contribution in [-0.4, -0.2) is 30.0 Å². The summed E-state index contributed by atoms with van der Waals surface area (Å²) in [6.45, 7) is 0.815. The van der Waals surface area contributed by atoms with Crippen molar-refractivity contribution >= 4 is 10.0 Å². The minimum Gasteiger partial charge on any atom is -0.347 e. The molecular weight excluding hydrogens is 290 g/mol. The molecule has 0 aromatic carbocycles. The molecule has 3 rings (SSSR count). The van der Waals surface area contributed by atoms with E-state index in [-0.39, 0.29) is 6.54 Å². The zero-order valence-electron chi connectivity index (χ0n) is 11.8. The van der Waals surface area contributed by atoms with Gasteiger partial charge in [-0.25, -0.2) is 18.1 Å². The van der Waals surface area contributed by atoms with Crippen LogP contribution in [0.25, 0.3) is 0 Å². The smallest absolute Gasteiger partial charge is 0.242 e. The predicted molar refractivity (Wildman–Crippen MR) is 78.1 cm³/mol. The fraction of sp³-hybridized carbons (Fsp3) is 0.462. The van der Waals surface area contributed by atoms with Crippen molar-refractivity contribution in [1.29, 1.82) is 0 Å². The quantitative estimate of drug-likeness (QED) is 0.703. The molecule has 0 bridgehead atoms. The van der Waals surface area contributed by atoms with E-state index in [9.17, 15) is 8.42 Å². The van der Waals surface area contributed by atoms with E-state index >= 15 is 0 Å². The zero-order valence-corrected chi connectivity index (χ0v) is 12.7. The number of rotatable bonds is 7. The summed E-state index contributed by atoms with van der Waals surface area (Å²) < 4.78 is 29.3. The standard InChI is InChI=1S/C13H19N5O2S/c1-14-7-11-6-12(9-18(11)10-2-3-10)21(19,20)17-8-13-15-4-5-16-13/h4-6,9-10,14,17H,2-3,7-8H2,1H3,(H,15,16). The molecule has 21 heavy (non-hydrogen) atoms. The number of nitrogens with one attached hydrogen (secondary N) is 3. The van der Waals surface area contributed by atoms with Gasteiger partial charge in [0.15, 0.2) is 0 Å². The van der Waals surface area contributed by atoms with Crippen LogP contribution < -0.4 is 10.0 Å². The Morgan fingerprint density at radius 2 is 2.24 bits per heavy atom. The fourth-order valence-corrected chi connectivity index (χ4v) is 3.34. The van der Waals surface area contributed by atoms with Crippen LogP contribution in [0.15, 0.2) is 29.6 Å². The predicted octanol–water partition coefficient (Wildman–Crippen LogP) is 0.744. The monoisotopic (exact) mass is 309 g/mol. The van der Waals surface area contributed by atoms with Crippen LogP contribution in [-0.2, 0) is 23.1 Å². The van der Waals surface area contributed by atoms with Gasteiger partial charge >= 0.3 is 0 Å². The van der Waals surface area contributed by atoms with Crippen LogP contribution in [0, 0.1) is 0 Å². The molecule has 2 aromatic rings. The summed E-state index contributed by atoms with van der Waals surface area (Å²) in [6, 6.07) is 2.18. The van der Waals surface area contributed by atoms with Gasteiger partial charge in [-0.15, -0.1) is 0 Å². The Morgan fingerprint density at radius 1 is 1.43 bits per heavy atom. The number of imidazole rings is 1. The lowest BCUT2D eigenvalue weighted by Gasteiger charge is -2.05. The molecule has 1 aliphatic carbocycles. The molecule has 114 valence electrons. The van der Waals surface area contributed by atoms with E-state index in [1.807, 2.05) is 7.05 Å². The molecular formula is C13H19N5O2S. The van der Waals surface area contributed by atoms with Crippen molar-refractivity contribution in [2.24, 2.45) is 0 Å². The molecule has 3 N–H and O–H groups in total. The van der Waals surface area contributed by atoms with Crippen LogP contribution in [0.5, 0.6) is 0 Å². The minimum atomic E-state index is -3.52. The van der Waals surface area contributed by atoms with Gasteiger partial charge in [0.2, 0.25) is 10.0 Å². The maximum Gasteiger partial charge on any atom is 0.242 e. The fourth-order valence-electron chi connectivity index (χ4n) is 2.30. The summed E-state index contributed by atoms with van der Waals surface area (Å²) >= 11 is 0. The SMILES string of the molecule is CNCc1cc(S(=O)(=O)NCc2ncc[nH]2)cn1C1CC1. The van der Waals surface area contributed by atoms with E-state index < -0.39 is 10.0 Å². The molecule has 0 unspecified atom stereocenters. The summed E-state index contributed by atoms with van der Waals surface area (Å²) in [4.78, 5) is 7.19. The minimum absolute atomic E-state index is 0.158. The Labute approximate surface area is 123 Å². The molecule has 2 aromatic heterocycles. The number of H-pyrrole nitrogens is 1. The Bertz CT molecular complexity index is 701. The number of sulfonamides is 1. The second kappa shape index (κ2) is 5.63. The van der Waals surface area contributed by atoms with Crippen molar-refractivity contribution in [2.45, 2.75) is 36.9 Å². The topological polar surface area (TPSA) is 91.8 Å². The van der Waals surface area contributed by atoms with Crippen LogP contribution in [0.1, 0.15) is 30.4 Å². The molecule has 0 aliphatic heterocycles. The normalized spacial score (nSPS) is 15.5. The van der Waals surface area contributed by atoms with E-state index in [2.05, 4.69) is 24.6 Å². The zero-order chi connectivity index (χ0) is 14.9. The third kappa shape index (κ3) is 3.17. The molecule has 2 heterocycles.